The zero-order chi connectivity index (χ0) is 16.8. The molecule has 0 aliphatic carbocycles. The molecule has 0 aromatic heterocycles. The quantitative estimate of drug-likeness (QED) is 0.557. The van der Waals surface area contributed by atoms with Gasteiger partial charge in [-0.05, 0) is 29.3 Å². The number of benzene rings is 3. The lowest BCUT2D eigenvalue weighted by Gasteiger charge is -2.07. The molecule has 0 bridgehead atoms. The van der Waals surface area contributed by atoms with Gasteiger partial charge in [-0.25, -0.2) is 5.43 Å². The number of anilines is 1. The van der Waals surface area contributed by atoms with Crippen LogP contribution in [-0.4, -0.2) is 18.7 Å². The molecule has 0 radical (unpaired) electrons. The monoisotopic (exact) mass is 317 g/mol. The first-order valence-electron chi connectivity index (χ1n) is 7.83. The number of fused-ring (bicyclic) bond motifs is 1. The molecule has 0 saturated heterocycles. The van der Waals surface area contributed by atoms with E-state index in [2.05, 4.69) is 28.0 Å². The Morgan fingerprint density at radius 3 is 2.62 bits per heavy atom. The summed E-state index contributed by atoms with van der Waals surface area (Å²) in [5.41, 5.74) is 5.58. The van der Waals surface area contributed by atoms with Gasteiger partial charge in [0.1, 0.15) is 0 Å². The van der Waals surface area contributed by atoms with E-state index in [-0.39, 0.29) is 12.5 Å². The maximum Gasteiger partial charge on any atom is 0.259 e. The zero-order valence-corrected chi connectivity index (χ0v) is 13.5. The Balaban J connectivity index is 1.59. The van der Waals surface area contributed by atoms with E-state index in [0.717, 1.165) is 27.6 Å². The molecule has 4 nitrogen and oxygen atoms in total. The van der Waals surface area contributed by atoms with E-state index in [4.69, 9.17) is 0 Å². The number of carbonyl (C=O) groups is 1. The molecule has 2 N–H and O–H groups in total. The topological polar surface area (TPSA) is 53.5 Å². The van der Waals surface area contributed by atoms with Gasteiger partial charge in [0, 0.05) is 11.3 Å². The Hall–Kier alpha value is -3.14. The normalized spacial score (nSPS) is 10.9. The van der Waals surface area contributed by atoms with Crippen molar-refractivity contribution in [3.63, 3.8) is 0 Å². The van der Waals surface area contributed by atoms with E-state index in [1.807, 2.05) is 61.5 Å². The lowest BCUT2D eigenvalue weighted by molar-refractivity contribution is -0.119. The fraction of sp³-hybridized carbons (Fsp3) is 0.100. The van der Waals surface area contributed by atoms with Crippen LogP contribution in [0.4, 0.5) is 5.69 Å². The van der Waals surface area contributed by atoms with E-state index in [1.165, 1.54) is 0 Å². The van der Waals surface area contributed by atoms with Gasteiger partial charge in [-0.2, -0.15) is 5.10 Å². The second kappa shape index (κ2) is 7.42. The van der Waals surface area contributed by atoms with Crippen LogP contribution in [0.1, 0.15) is 11.1 Å². The van der Waals surface area contributed by atoms with Gasteiger partial charge in [0.25, 0.3) is 5.91 Å². The highest BCUT2D eigenvalue weighted by molar-refractivity contribution is 6.00. The lowest BCUT2D eigenvalue weighted by atomic mass is 10.1. The summed E-state index contributed by atoms with van der Waals surface area (Å²) in [6.07, 6.45) is 1.67. The SMILES string of the molecule is Cc1ccccc1NCC(=O)NN=Cc1cccc2ccccc12. The Kier molecular flexibility index (Phi) is 4.87. The minimum absolute atomic E-state index is 0.178. The molecule has 4 heteroatoms. The van der Waals surface area contributed by atoms with Crippen LogP contribution < -0.4 is 10.7 Å². The summed E-state index contributed by atoms with van der Waals surface area (Å²) >= 11 is 0. The number of hydrazone groups is 1. The number of para-hydroxylation sites is 1. The van der Waals surface area contributed by atoms with Gasteiger partial charge in [-0.1, -0.05) is 60.7 Å². The molecule has 3 aromatic carbocycles. The van der Waals surface area contributed by atoms with Gasteiger partial charge in [-0.3, -0.25) is 4.79 Å². The number of rotatable bonds is 5. The number of nitrogens with one attached hydrogen (secondary N) is 2. The number of hydrogen-bond acceptors (Lipinski definition) is 3. The second-order valence-corrected chi connectivity index (χ2v) is 5.53. The third-order valence-electron chi connectivity index (χ3n) is 3.80. The first-order chi connectivity index (χ1) is 11.7. The highest BCUT2D eigenvalue weighted by Crippen LogP contribution is 2.16. The molecule has 0 aliphatic rings. The van der Waals surface area contributed by atoms with Gasteiger partial charge in [-0.15, -0.1) is 0 Å². The van der Waals surface area contributed by atoms with Crippen molar-refractivity contribution in [3.8, 4) is 0 Å². The fourth-order valence-corrected chi connectivity index (χ4v) is 2.52. The predicted octanol–water partition coefficient (Wildman–Crippen LogP) is 3.71. The largest absolute Gasteiger partial charge is 0.376 e. The van der Waals surface area contributed by atoms with Crippen molar-refractivity contribution in [2.45, 2.75) is 6.92 Å². The molecule has 1 amide bonds. The molecule has 0 saturated carbocycles. The standard InChI is InChI=1S/C20H19N3O/c1-15-7-2-5-12-19(15)21-14-20(24)23-22-13-17-10-6-9-16-8-3-4-11-18(16)17/h2-13,21H,14H2,1H3,(H,23,24). The lowest BCUT2D eigenvalue weighted by Crippen LogP contribution is -2.26. The zero-order valence-electron chi connectivity index (χ0n) is 13.5. The van der Waals surface area contributed by atoms with Crippen molar-refractivity contribution in [2.24, 2.45) is 5.10 Å². The summed E-state index contributed by atoms with van der Waals surface area (Å²) in [4.78, 5) is 11.9. The molecule has 0 atom stereocenters. The van der Waals surface area contributed by atoms with Crippen LogP contribution in [0.2, 0.25) is 0 Å². The summed E-state index contributed by atoms with van der Waals surface area (Å²) in [7, 11) is 0. The Morgan fingerprint density at radius 1 is 1.00 bits per heavy atom. The van der Waals surface area contributed by atoms with Crippen molar-refractivity contribution in [3.05, 3.63) is 77.9 Å². The molecule has 0 spiro atoms. The van der Waals surface area contributed by atoms with E-state index < -0.39 is 0 Å². The number of carbonyl (C=O) groups excluding carboxylic acids is 1. The molecular weight excluding hydrogens is 298 g/mol. The van der Waals surface area contributed by atoms with Crippen LogP contribution in [-0.2, 0) is 4.79 Å². The second-order valence-electron chi connectivity index (χ2n) is 5.53. The summed E-state index contributed by atoms with van der Waals surface area (Å²) in [5.74, 6) is -0.185. The Bertz CT molecular complexity index is 881. The van der Waals surface area contributed by atoms with Gasteiger partial charge < -0.3 is 5.32 Å². The van der Waals surface area contributed by atoms with Gasteiger partial charge in [0.15, 0.2) is 0 Å². The molecule has 0 aliphatic heterocycles. The molecule has 3 rings (SSSR count). The van der Waals surface area contributed by atoms with Gasteiger partial charge >= 0.3 is 0 Å². The summed E-state index contributed by atoms with van der Waals surface area (Å²) < 4.78 is 0. The van der Waals surface area contributed by atoms with E-state index in [1.54, 1.807) is 6.21 Å². The van der Waals surface area contributed by atoms with E-state index in [0.29, 0.717) is 0 Å². The molecule has 120 valence electrons. The van der Waals surface area contributed by atoms with Crippen LogP contribution in [0.15, 0.2) is 71.8 Å². The van der Waals surface area contributed by atoms with Crippen molar-refractivity contribution in [1.82, 2.24) is 5.43 Å². The molecule has 3 aromatic rings. The summed E-state index contributed by atoms with van der Waals surface area (Å²) in [6, 6.07) is 21.9. The molecule has 0 fully saturated rings. The maximum absolute atomic E-state index is 11.9. The number of hydrogen-bond donors (Lipinski definition) is 2. The van der Waals surface area contributed by atoms with Crippen LogP contribution >= 0.6 is 0 Å². The van der Waals surface area contributed by atoms with Crippen molar-refractivity contribution in [1.29, 1.82) is 0 Å². The first kappa shape index (κ1) is 15.7. The smallest absolute Gasteiger partial charge is 0.259 e. The van der Waals surface area contributed by atoms with Crippen molar-refractivity contribution >= 4 is 28.6 Å². The van der Waals surface area contributed by atoms with Crippen LogP contribution in [0.25, 0.3) is 10.8 Å². The fourth-order valence-electron chi connectivity index (χ4n) is 2.52. The predicted molar refractivity (Wildman–Crippen MR) is 99.4 cm³/mol. The number of aryl methyl sites for hydroxylation is 1. The number of nitrogens with zero attached hydrogens (tertiary/aromatic N) is 1. The minimum Gasteiger partial charge on any atom is -0.376 e. The third kappa shape index (κ3) is 3.79. The Morgan fingerprint density at radius 2 is 1.75 bits per heavy atom. The average Bonchev–Trinajstić information content (AvgIpc) is 2.61. The Labute approximate surface area is 141 Å². The van der Waals surface area contributed by atoms with Crippen LogP contribution in [0, 0.1) is 6.92 Å². The van der Waals surface area contributed by atoms with E-state index in [9.17, 15) is 4.79 Å². The van der Waals surface area contributed by atoms with Crippen molar-refractivity contribution in [2.75, 3.05) is 11.9 Å². The summed E-state index contributed by atoms with van der Waals surface area (Å²) in [6.45, 7) is 2.18. The molecular formula is C20H19N3O. The first-order valence-corrected chi connectivity index (χ1v) is 7.83. The third-order valence-corrected chi connectivity index (χ3v) is 3.80. The molecule has 0 heterocycles. The number of amides is 1. The summed E-state index contributed by atoms with van der Waals surface area (Å²) in [5, 5.41) is 9.42. The van der Waals surface area contributed by atoms with Crippen molar-refractivity contribution < 1.29 is 4.79 Å². The minimum atomic E-state index is -0.185. The van der Waals surface area contributed by atoms with E-state index >= 15 is 0 Å². The van der Waals surface area contributed by atoms with Gasteiger partial charge in [0.05, 0.1) is 12.8 Å². The molecule has 0 unspecified atom stereocenters. The highest BCUT2D eigenvalue weighted by Gasteiger charge is 2.01. The average molecular weight is 317 g/mol. The van der Waals surface area contributed by atoms with Gasteiger partial charge in [0.2, 0.25) is 0 Å². The van der Waals surface area contributed by atoms with Crippen LogP contribution in [0.3, 0.4) is 0 Å². The highest BCUT2D eigenvalue weighted by atomic mass is 16.2. The molecule has 24 heavy (non-hydrogen) atoms. The van der Waals surface area contributed by atoms with Crippen LogP contribution in [0.5, 0.6) is 0 Å². The maximum atomic E-state index is 11.9.